The molecule has 2 aromatic heterocycles. The zero-order chi connectivity index (χ0) is 16.2. The lowest BCUT2D eigenvalue weighted by atomic mass is 10.3. The van der Waals surface area contributed by atoms with Crippen molar-refractivity contribution in [3.05, 3.63) is 24.4 Å². The summed E-state index contributed by atoms with van der Waals surface area (Å²) in [6.07, 6.45) is 1.61. The first-order valence-corrected chi connectivity index (χ1v) is 8.52. The minimum atomic E-state index is -3.44. The van der Waals surface area contributed by atoms with Crippen LogP contribution in [0.15, 0.2) is 24.4 Å². The maximum Gasteiger partial charge on any atom is 0.249 e. The Labute approximate surface area is 128 Å². The maximum atomic E-state index is 11.8. The molecule has 118 valence electrons. The van der Waals surface area contributed by atoms with Crippen LogP contribution in [-0.4, -0.2) is 46.0 Å². The number of carbonyl (C=O) groups excluding carboxylic acids is 1. The molecule has 0 saturated carbocycles. The van der Waals surface area contributed by atoms with Crippen LogP contribution in [-0.2, 0) is 14.6 Å². The van der Waals surface area contributed by atoms with Crippen LogP contribution in [0.5, 0.6) is 0 Å². The fraction of sp³-hybridized carbons (Fsp3) is 0.385. The predicted octanol–water partition coefficient (Wildman–Crippen LogP) is 0.876. The van der Waals surface area contributed by atoms with Gasteiger partial charge in [-0.05, 0) is 18.1 Å². The highest BCUT2D eigenvalue weighted by Gasteiger charge is 2.19. The summed E-state index contributed by atoms with van der Waals surface area (Å²) in [6.45, 7) is 3.56. The van der Waals surface area contributed by atoms with Crippen LogP contribution >= 0.6 is 0 Å². The molecule has 1 amide bonds. The van der Waals surface area contributed by atoms with Crippen LogP contribution < -0.4 is 5.32 Å². The topological polar surface area (TPSA) is 118 Å². The Morgan fingerprint density at radius 2 is 2.14 bits per heavy atom. The fourth-order valence-electron chi connectivity index (χ4n) is 1.86. The van der Waals surface area contributed by atoms with Gasteiger partial charge in [-0.3, -0.25) is 20.2 Å². The number of sulfone groups is 1. The second kappa shape index (κ2) is 6.65. The molecular weight excluding hydrogens is 306 g/mol. The van der Waals surface area contributed by atoms with Crippen LogP contribution in [0.2, 0.25) is 0 Å². The molecule has 9 heteroatoms. The van der Waals surface area contributed by atoms with Crippen molar-refractivity contribution in [3.63, 3.8) is 0 Å². The maximum absolute atomic E-state index is 11.8. The summed E-state index contributed by atoms with van der Waals surface area (Å²) in [7, 11) is -3.44. The Balaban J connectivity index is 2.00. The molecule has 0 bridgehead atoms. The van der Waals surface area contributed by atoms with E-state index in [0.717, 1.165) is 0 Å². The van der Waals surface area contributed by atoms with Gasteiger partial charge in [-0.2, -0.15) is 4.98 Å². The molecule has 0 unspecified atom stereocenters. The number of hydrogen-bond acceptors (Lipinski definition) is 6. The number of rotatable bonds is 6. The highest BCUT2D eigenvalue weighted by molar-refractivity contribution is 7.92. The van der Waals surface area contributed by atoms with E-state index in [4.69, 9.17) is 0 Å². The highest BCUT2D eigenvalue weighted by Crippen LogP contribution is 2.12. The van der Waals surface area contributed by atoms with E-state index >= 15 is 0 Å². The molecule has 0 radical (unpaired) electrons. The Morgan fingerprint density at radius 3 is 2.77 bits per heavy atom. The van der Waals surface area contributed by atoms with Crippen molar-refractivity contribution in [3.8, 4) is 11.5 Å². The van der Waals surface area contributed by atoms with Crippen LogP contribution in [0, 0.1) is 5.92 Å². The molecule has 0 saturated heterocycles. The molecule has 0 aromatic carbocycles. The van der Waals surface area contributed by atoms with Crippen molar-refractivity contribution in [1.82, 2.24) is 20.2 Å². The standard InChI is InChI=1S/C13H17N5O3S/c1-9(2)7-22(20,21)8-11(19)15-13-16-12(17-18-13)10-5-3-4-6-14-10/h3-6,9H,7-8H2,1-2H3,(H2,15,16,17,18,19). The van der Waals surface area contributed by atoms with Gasteiger partial charge in [0.2, 0.25) is 11.9 Å². The third-order valence-corrected chi connectivity index (χ3v) is 4.46. The first-order chi connectivity index (χ1) is 10.4. The van der Waals surface area contributed by atoms with Crippen LogP contribution in [0.3, 0.4) is 0 Å². The van der Waals surface area contributed by atoms with Gasteiger partial charge in [0.1, 0.15) is 11.4 Å². The van der Waals surface area contributed by atoms with Gasteiger partial charge in [-0.15, -0.1) is 5.10 Å². The van der Waals surface area contributed by atoms with E-state index in [0.29, 0.717) is 11.5 Å². The van der Waals surface area contributed by atoms with Gasteiger partial charge in [0.05, 0.1) is 5.75 Å². The van der Waals surface area contributed by atoms with Crippen molar-refractivity contribution in [2.24, 2.45) is 5.92 Å². The summed E-state index contributed by atoms with van der Waals surface area (Å²) in [6, 6.07) is 5.29. The molecule has 2 heterocycles. The predicted molar refractivity (Wildman–Crippen MR) is 81.7 cm³/mol. The third-order valence-electron chi connectivity index (χ3n) is 2.58. The molecular formula is C13H17N5O3S. The van der Waals surface area contributed by atoms with Gasteiger partial charge < -0.3 is 0 Å². The van der Waals surface area contributed by atoms with Gasteiger partial charge in [0, 0.05) is 6.20 Å². The quantitative estimate of drug-likeness (QED) is 0.814. The minimum Gasteiger partial charge on any atom is -0.292 e. The van der Waals surface area contributed by atoms with E-state index < -0.39 is 21.5 Å². The molecule has 0 aliphatic heterocycles. The number of nitrogens with one attached hydrogen (secondary N) is 2. The van der Waals surface area contributed by atoms with Crippen LogP contribution in [0.25, 0.3) is 11.5 Å². The number of hydrogen-bond donors (Lipinski definition) is 2. The monoisotopic (exact) mass is 323 g/mol. The minimum absolute atomic E-state index is 0.0189. The highest BCUT2D eigenvalue weighted by atomic mass is 32.2. The van der Waals surface area contributed by atoms with Crippen molar-refractivity contribution in [2.45, 2.75) is 13.8 Å². The Morgan fingerprint density at radius 1 is 1.36 bits per heavy atom. The molecule has 2 aromatic rings. The van der Waals surface area contributed by atoms with E-state index in [2.05, 4.69) is 25.5 Å². The lowest BCUT2D eigenvalue weighted by Gasteiger charge is -2.06. The Bertz CT molecular complexity index is 740. The van der Waals surface area contributed by atoms with E-state index in [1.54, 1.807) is 38.2 Å². The first-order valence-electron chi connectivity index (χ1n) is 6.70. The Kier molecular flexibility index (Phi) is 4.86. The zero-order valence-corrected chi connectivity index (χ0v) is 13.1. The van der Waals surface area contributed by atoms with Gasteiger partial charge >= 0.3 is 0 Å². The molecule has 0 atom stereocenters. The number of carbonyl (C=O) groups is 1. The first kappa shape index (κ1) is 16.1. The number of H-pyrrole nitrogens is 1. The number of aromatic amines is 1. The molecule has 8 nitrogen and oxygen atoms in total. The van der Waals surface area contributed by atoms with Gasteiger partial charge in [-0.25, -0.2) is 8.42 Å². The second-order valence-electron chi connectivity index (χ2n) is 5.22. The van der Waals surface area contributed by atoms with Crippen molar-refractivity contribution >= 4 is 21.7 Å². The lowest BCUT2D eigenvalue weighted by Crippen LogP contribution is -2.26. The average Bonchev–Trinajstić information content (AvgIpc) is 2.85. The molecule has 22 heavy (non-hydrogen) atoms. The van der Waals surface area contributed by atoms with Gasteiger partial charge in [0.25, 0.3) is 0 Å². The zero-order valence-electron chi connectivity index (χ0n) is 12.3. The molecule has 2 rings (SSSR count). The second-order valence-corrected chi connectivity index (χ2v) is 7.33. The van der Waals surface area contributed by atoms with Crippen LogP contribution in [0.1, 0.15) is 13.8 Å². The van der Waals surface area contributed by atoms with Crippen LogP contribution in [0.4, 0.5) is 5.95 Å². The largest absolute Gasteiger partial charge is 0.292 e. The fourth-order valence-corrected chi connectivity index (χ4v) is 3.47. The molecule has 0 aliphatic carbocycles. The van der Waals surface area contributed by atoms with E-state index in [1.807, 2.05) is 0 Å². The summed E-state index contributed by atoms with van der Waals surface area (Å²) in [4.78, 5) is 19.9. The number of nitrogens with zero attached hydrogens (tertiary/aromatic N) is 3. The number of anilines is 1. The van der Waals surface area contributed by atoms with E-state index in [9.17, 15) is 13.2 Å². The normalized spacial score (nSPS) is 11.6. The molecule has 2 N–H and O–H groups in total. The summed E-state index contributed by atoms with van der Waals surface area (Å²) in [5.74, 6) is -0.901. The van der Waals surface area contributed by atoms with Crippen molar-refractivity contribution < 1.29 is 13.2 Å². The van der Waals surface area contributed by atoms with Crippen molar-refractivity contribution in [2.75, 3.05) is 16.8 Å². The summed E-state index contributed by atoms with van der Waals surface area (Å²) < 4.78 is 23.5. The summed E-state index contributed by atoms with van der Waals surface area (Å²) in [5.41, 5.74) is 0.572. The molecule has 0 spiro atoms. The summed E-state index contributed by atoms with van der Waals surface area (Å²) >= 11 is 0. The average molecular weight is 323 g/mol. The number of pyridine rings is 1. The van der Waals surface area contributed by atoms with Gasteiger partial charge in [-0.1, -0.05) is 19.9 Å². The SMILES string of the molecule is CC(C)CS(=O)(=O)CC(=O)Nc1n[nH]c(-c2ccccn2)n1. The van der Waals surface area contributed by atoms with Crippen molar-refractivity contribution in [1.29, 1.82) is 0 Å². The lowest BCUT2D eigenvalue weighted by molar-refractivity contribution is -0.113. The summed E-state index contributed by atoms with van der Waals surface area (Å²) in [5, 5.41) is 8.82. The third kappa shape index (κ3) is 4.62. The Hall–Kier alpha value is -2.29. The van der Waals surface area contributed by atoms with E-state index in [-0.39, 0.29) is 17.6 Å². The van der Waals surface area contributed by atoms with Gasteiger partial charge in [0.15, 0.2) is 15.7 Å². The molecule has 0 fully saturated rings. The van der Waals surface area contributed by atoms with E-state index in [1.165, 1.54) is 0 Å². The smallest absolute Gasteiger partial charge is 0.249 e. The number of aromatic nitrogens is 4. The molecule has 0 aliphatic rings. The number of amides is 1.